The molecular weight excluding hydrogens is 214 g/mol. The van der Waals surface area contributed by atoms with Crippen LogP contribution in [-0.2, 0) is 9.59 Å². The summed E-state index contributed by atoms with van der Waals surface area (Å²) in [6, 6.07) is -0.144. The minimum atomic E-state index is -0.144. The van der Waals surface area contributed by atoms with Crippen molar-refractivity contribution < 1.29 is 9.59 Å². The summed E-state index contributed by atoms with van der Waals surface area (Å²) < 4.78 is 0. The van der Waals surface area contributed by atoms with Crippen LogP contribution in [0, 0.1) is 0 Å². The summed E-state index contributed by atoms with van der Waals surface area (Å²) in [5.41, 5.74) is 0. The van der Waals surface area contributed by atoms with Crippen molar-refractivity contribution in [2.24, 2.45) is 0 Å². The Morgan fingerprint density at radius 2 is 2.33 bits per heavy atom. The molecule has 1 saturated heterocycles. The normalized spacial score (nSPS) is 20.0. The van der Waals surface area contributed by atoms with Gasteiger partial charge in [0.05, 0.1) is 12.6 Å². The number of thioether (sulfide) groups is 1. The number of hydrogen-bond acceptors (Lipinski definition) is 4. The topological polar surface area (TPSA) is 61.4 Å². The zero-order chi connectivity index (χ0) is 11.3. The molecule has 0 spiro atoms. The first kappa shape index (κ1) is 12.3. The molecular formula is C9H17N3O2S. The predicted octanol–water partition coefficient (Wildman–Crippen LogP) is -0.757. The second-order valence-corrected chi connectivity index (χ2v) is 4.43. The number of rotatable bonds is 4. The van der Waals surface area contributed by atoms with Gasteiger partial charge in [0, 0.05) is 25.2 Å². The monoisotopic (exact) mass is 231 g/mol. The van der Waals surface area contributed by atoms with E-state index < -0.39 is 0 Å². The summed E-state index contributed by atoms with van der Waals surface area (Å²) in [5.74, 6) is 1.44. The molecule has 2 amide bonds. The lowest BCUT2D eigenvalue weighted by molar-refractivity contribution is -0.132. The lowest BCUT2D eigenvalue weighted by Gasteiger charge is -2.16. The molecule has 1 unspecified atom stereocenters. The third-order valence-electron chi connectivity index (χ3n) is 2.35. The molecule has 1 fully saturated rings. The summed E-state index contributed by atoms with van der Waals surface area (Å²) in [4.78, 5) is 24.5. The molecule has 1 aliphatic rings. The van der Waals surface area contributed by atoms with E-state index >= 15 is 0 Å². The van der Waals surface area contributed by atoms with Gasteiger partial charge in [0.15, 0.2) is 0 Å². The van der Waals surface area contributed by atoms with E-state index in [0.29, 0.717) is 6.54 Å². The van der Waals surface area contributed by atoms with Gasteiger partial charge < -0.3 is 10.2 Å². The molecule has 0 radical (unpaired) electrons. The lowest BCUT2D eigenvalue weighted by atomic mass is 10.3. The molecule has 6 heteroatoms. The summed E-state index contributed by atoms with van der Waals surface area (Å²) >= 11 is 1.69. The molecule has 1 rings (SSSR count). The van der Waals surface area contributed by atoms with Gasteiger partial charge in [-0.3, -0.25) is 14.9 Å². The quantitative estimate of drug-likeness (QED) is 0.668. The third kappa shape index (κ3) is 3.71. The van der Waals surface area contributed by atoms with Crippen LogP contribution in [0.25, 0.3) is 0 Å². The number of nitrogens with zero attached hydrogens (tertiary/aromatic N) is 1. The van der Waals surface area contributed by atoms with Crippen LogP contribution >= 0.6 is 11.8 Å². The van der Waals surface area contributed by atoms with Crippen LogP contribution in [0.5, 0.6) is 0 Å². The first-order valence-electron chi connectivity index (χ1n) is 4.98. The van der Waals surface area contributed by atoms with E-state index in [2.05, 4.69) is 10.6 Å². The van der Waals surface area contributed by atoms with Crippen LogP contribution in [0.15, 0.2) is 0 Å². The van der Waals surface area contributed by atoms with Gasteiger partial charge in [0.25, 0.3) is 0 Å². The third-order valence-corrected chi connectivity index (χ3v) is 3.29. The fraction of sp³-hybridized carbons (Fsp3) is 0.778. The Morgan fingerprint density at radius 1 is 1.60 bits per heavy atom. The zero-order valence-electron chi connectivity index (χ0n) is 9.08. The Labute approximate surface area is 94.0 Å². The molecule has 1 aliphatic heterocycles. The number of hydrogen-bond donors (Lipinski definition) is 2. The maximum atomic E-state index is 11.5. The second-order valence-electron chi connectivity index (χ2n) is 3.40. The van der Waals surface area contributed by atoms with Gasteiger partial charge in [-0.15, -0.1) is 11.8 Å². The van der Waals surface area contributed by atoms with Gasteiger partial charge in [-0.05, 0) is 6.92 Å². The van der Waals surface area contributed by atoms with Gasteiger partial charge in [-0.1, -0.05) is 0 Å². The van der Waals surface area contributed by atoms with Gasteiger partial charge in [0.1, 0.15) is 0 Å². The maximum absolute atomic E-state index is 11.5. The van der Waals surface area contributed by atoms with Crippen molar-refractivity contribution in [1.29, 1.82) is 0 Å². The largest absolute Gasteiger partial charge is 0.346 e. The number of likely N-dealkylation sites (N-methyl/N-ethyl adjacent to an activating group) is 1. The highest BCUT2D eigenvalue weighted by Gasteiger charge is 2.22. The second kappa shape index (κ2) is 5.97. The van der Waals surface area contributed by atoms with E-state index in [1.165, 1.54) is 0 Å². The zero-order valence-corrected chi connectivity index (χ0v) is 9.89. The maximum Gasteiger partial charge on any atom is 0.241 e. The van der Waals surface area contributed by atoms with E-state index in [1.807, 2.05) is 6.92 Å². The summed E-state index contributed by atoms with van der Waals surface area (Å²) in [6.45, 7) is 2.65. The Morgan fingerprint density at radius 3 is 2.87 bits per heavy atom. The molecule has 1 heterocycles. The minimum Gasteiger partial charge on any atom is -0.346 e. The fourth-order valence-electron chi connectivity index (χ4n) is 1.16. The van der Waals surface area contributed by atoms with E-state index in [4.69, 9.17) is 0 Å². The van der Waals surface area contributed by atoms with Crippen LogP contribution in [0.2, 0.25) is 0 Å². The van der Waals surface area contributed by atoms with Gasteiger partial charge in [0.2, 0.25) is 11.8 Å². The highest BCUT2D eigenvalue weighted by molar-refractivity contribution is 7.99. The highest BCUT2D eigenvalue weighted by Crippen LogP contribution is 2.08. The SMILES string of the molecule is CCN(C)C(=O)CNC(=O)C1CSCN1. The van der Waals surface area contributed by atoms with Crippen molar-refractivity contribution >= 4 is 23.6 Å². The number of amides is 2. The van der Waals surface area contributed by atoms with Gasteiger partial charge in [-0.25, -0.2) is 0 Å². The van der Waals surface area contributed by atoms with Crippen molar-refractivity contribution in [3.63, 3.8) is 0 Å². The lowest BCUT2D eigenvalue weighted by Crippen LogP contribution is -2.46. The molecule has 1 atom stereocenters. The Hall–Kier alpha value is -0.750. The predicted molar refractivity (Wildman–Crippen MR) is 60.6 cm³/mol. The number of nitrogens with one attached hydrogen (secondary N) is 2. The molecule has 0 aliphatic carbocycles. The summed E-state index contributed by atoms with van der Waals surface area (Å²) in [6.07, 6.45) is 0. The average molecular weight is 231 g/mol. The standard InChI is InChI=1S/C9H17N3O2S/c1-3-12(2)8(13)4-10-9(14)7-5-15-6-11-7/h7,11H,3-6H2,1-2H3,(H,10,14). The van der Waals surface area contributed by atoms with Crippen LogP contribution in [0.1, 0.15) is 6.92 Å². The van der Waals surface area contributed by atoms with Crippen molar-refractivity contribution in [2.75, 3.05) is 31.8 Å². The Balaban J connectivity index is 2.24. The van der Waals surface area contributed by atoms with Gasteiger partial charge in [-0.2, -0.15) is 0 Å². The summed E-state index contributed by atoms with van der Waals surface area (Å²) in [7, 11) is 1.72. The van der Waals surface area contributed by atoms with E-state index in [0.717, 1.165) is 11.6 Å². The van der Waals surface area contributed by atoms with Crippen molar-refractivity contribution in [1.82, 2.24) is 15.5 Å². The fourth-order valence-corrected chi connectivity index (χ4v) is 2.10. The molecule has 5 nitrogen and oxygen atoms in total. The molecule has 0 aromatic rings. The van der Waals surface area contributed by atoms with Crippen LogP contribution in [-0.4, -0.2) is 54.5 Å². The van der Waals surface area contributed by atoms with Gasteiger partial charge >= 0.3 is 0 Å². The Kier molecular flexibility index (Phi) is 4.90. The molecule has 0 aromatic carbocycles. The highest BCUT2D eigenvalue weighted by atomic mass is 32.2. The molecule has 0 saturated carbocycles. The van der Waals surface area contributed by atoms with Crippen molar-refractivity contribution in [3.05, 3.63) is 0 Å². The average Bonchev–Trinajstić information content (AvgIpc) is 2.77. The first-order valence-corrected chi connectivity index (χ1v) is 6.13. The van der Waals surface area contributed by atoms with Crippen LogP contribution in [0.3, 0.4) is 0 Å². The summed E-state index contributed by atoms with van der Waals surface area (Å²) in [5, 5.41) is 5.68. The minimum absolute atomic E-state index is 0.0588. The van der Waals surface area contributed by atoms with Crippen LogP contribution < -0.4 is 10.6 Å². The van der Waals surface area contributed by atoms with E-state index in [9.17, 15) is 9.59 Å². The van der Waals surface area contributed by atoms with E-state index in [-0.39, 0.29) is 24.4 Å². The number of carbonyl (C=O) groups is 2. The Bertz CT molecular complexity index is 242. The molecule has 0 bridgehead atoms. The molecule has 15 heavy (non-hydrogen) atoms. The first-order chi connectivity index (χ1) is 7.15. The van der Waals surface area contributed by atoms with Crippen molar-refractivity contribution in [3.8, 4) is 0 Å². The van der Waals surface area contributed by atoms with Crippen molar-refractivity contribution in [2.45, 2.75) is 13.0 Å². The molecule has 0 aromatic heterocycles. The smallest absolute Gasteiger partial charge is 0.241 e. The van der Waals surface area contributed by atoms with Crippen LogP contribution in [0.4, 0.5) is 0 Å². The molecule has 86 valence electrons. The van der Waals surface area contributed by atoms with E-state index in [1.54, 1.807) is 23.7 Å². The number of carbonyl (C=O) groups excluding carboxylic acids is 2. The molecule has 2 N–H and O–H groups in total.